The summed E-state index contributed by atoms with van der Waals surface area (Å²) in [4.78, 5) is 11.1. The van der Waals surface area contributed by atoms with Gasteiger partial charge >= 0.3 is 0 Å². The number of anilines is 2. The fraction of sp³-hybridized carbons (Fsp3) is 0.133. The van der Waals surface area contributed by atoms with Crippen LogP contribution in [-0.4, -0.2) is 13.0 Å². The number of amides is 1. The Morgan fingerprint density at radius 3 is 2.62 bits per heavy atom. The Hall–Kier alpha value is -2.40. The topological polar surface area (TPSA) is 90.4 Å². The van der Waals surface area contributed by atoms with Crippen LogP contribution in [0.25, 0.3) is 0 Å². The van der Waals surface area contributed by atoms with Crippen molar-refractivity contribution in [3.8, 4) is 5.75 Å². The van der Waals surface area contributed by atoms with Crippen molar-refractivity contribution in [1.29, 1.82) is 0 Å². The molecule has 0 spiro atoms. The number of halogens is 1. The second-order valence-corrected chi connectivity index (χ2v) is 4.90. The van der Waals surface area contributed by atoms with Crippen LogP contribution in [0.4, 0.5) is 11.4 Å². The molecule has 2 aromatic rings. The Bertz CT molecular complexity index is 674. The normalized spacial score (nSPS) is 10.2. The maximum Gasteiger partial charge on any atom is 0.248 e. The number of carbonyl (C=O) groups is 1. The summed E-state index contributed by atoms with van der Waals surface area (Å²) < 4.78 is 5.11. The van der Waals surface area contributed by atoms with Crippen molar-refractivity contribution in [3.05, 3.63) is 52.5 Å². The molecule has 0 aromatic heterocycles. The van der Waals surface area contributed by atoms with Gasteiger partial charge in [0.1, 0.15) is 5.75 Å². The number of hydrogen-bond donors (Lipinski definition) is 3. The minimum Gasteiger partial charge on any atom is -0.495 e. The number of nitrogen functional groups attached to an aromatic ring is 1. The van der Waals surface area contributed by atoms with E-state index in [1.807, 2.05) is 18.2 Å². The van der Waals surface area contributed by atoms with E-state index in [4.69, 9.17) is 27.8 Å². The van der Waals surface area contributed by atoms with E-state index in [1.165, 1.54) is 6.07 Å². The molecule has 0 radical (unpaired) electrons. The molecule has 2 rings (SSSR count). The molecule has 0 saturated heterocycles. The van der Waals surface area contributed by atoms with Crippen LogP contribution in [-0.2, 0) is 6.54 Å². The van der Waals surface area contributed by atoms with Crippen molar-refractivity contribution in [2.45, 2.75) is 6.54 Å². The molecule has 110 valence electrons. The lowest BCUT2D eigenvalue weighted by Crippen LogP contribution is -2.11. The largest absolute Gasteiger partial charge is 0.495 e. The standard InChI is InChI=1S/C15H16ClN3O2/c1-21-14-5-2-9(6-12(14)17)8-19-13-4-3-10(15(18)20)7-11(13)16/h2-7,19H,8,17H2,1H3,(H2,18,20). The number of nitrogens with two attached hydrogens (primary N) is 2. The summed E-state index contributed by atoms with van der Waals surface area (Å²) in [6.45, 7) is 0.545. The zero-order chi connectivity index (χ0) is 15.4. The predicted molar refractivity (Wildman–Crippen MR) is 84.7 cm³/mol. The Morgan fingerprint density at radius 2 is 2.05 bits per heavy atom. The molecular formula is C15H16ClN3O2. The highest BCUT2D eigenvalue weighted by atomic mass is 35.5. The maximum absolute atomic E-state index is 11.1. The number of ether oxygens (including phenoxy) is 1. The van der Waals surface area contributed by atoms with Crippen LogP contribution in [0.2, 0.25) is 5.02 Å². The van der Waals surface area contributed by atoms with E-state index in [0.717, 1.165) is 11.3 Å². The first-order valence-electron chi connectivity index (χ1n) is 6.27. The van der Waals surface area contributed by atoms with Gasteiger partial charge in [-0.25, -0.2) is 0 Å². The number of carbonyl (C=O) groups excluding carboxylic acids is 1. The highest BCUT2D eigenvalue weighted by Crippen LogP contribution is 2.25. The molecule has 0 unspecified atom stereocenters. The van der Waals surface area contributed by atoms with Gasteiger partial charge in [0.2, 0.25) is 5.91 Å². The van der Waals surface area contributed by atoms with Gasteiger partial charge in [0.25, 0.3) is 0 Å². The highest BCUT2D eigenvalue weighted by Gasteiger charge is 2.06. The fourth-order valence-corrected chi connectivity index (χ4v) is 2.15. The fourth-order valence-electron chi connectivity index (χ4n) is 1.90. The lowest BCUT2D eigenvalue weighted by atomic mass is 10.1. The van der Waals surface area contributed by atoms with Crippen LogP contribution in [0.1, 0.15) is 15.9 Å². The van der Waals surface area contributed by atoms with Crippen LogP contribution in [0.5, 0.6) is 5.75 Å². The molecule has 0 heterocycles. The average Bonchev–Trinajstić information content (AvgIpc) is 2.46. The lowest BCUT2D eigenvalue weighted by molar-refractivity contribution is 0.100. The maximum atomic E-state index is 11.1. The van der Waals surface area contributed by atoms with Gasteiger partial charge in [-0.05, 0) is 35.9 Å². The number of benzene rings is 2. The summed E-state index contributed by atoms with van der Waals surface area (Å²) in [6.07, 6.45) is 0. The van der Waals surface area contributed by atoms with Crippen molar-refractivity contribution in [3.63, 3.8) is 0 Å². The van der Waals surface area contributed by atoms with Crippen molar-refractivity contribution in [1.82, 2.24) is 0 Å². The van der Waals surface area contributed by atoms with Gasteiger partial charge in [-0.3, -0.25) is 4.79 Å². The van der Waals surface area contributed by atoms with Gasteiger partial charge in [0.05, 0.1) is 23.5 Å². The van der Waals surface area contributed by atoms with Gasteiger partial charge in [-0.2, -0.15) is 0 Å². The lowest BCUT2D eigenvalue weighted by Gasteiger charge is -2.11. The van der Waals surface area contributed by atoms with Crippen LogP contribution >= 0.6 is 11.6 Å². The van der Waals surface area contributed by atoms with E-state index < -0.39 is 5.91 Å². The van der Waals surface area contributed by atoms with Gasteiger partial charge in [-0.15, -0.1) is 0 Å². The molecule has 1 amide bonds. The Balaban J connectivity index is 2.09. The minimum absolute atomic E-state index is 0.374. The molecule has 0 bridgehead atoms. The molecule has 5 nitrogen and oxygen atoms in total. The molecule has 21 heavy (non-hydrogen) atoms. The van der Waals surface area contributed by atoms with Gasteiger partial charge < -0.3 is 21.5 Å². The van der Waals surface area contributed by atoms with E-state index >= 15 is 0 Å². The highest BCUT2D eigenvalue weighted by molar-refractivity contribution is 6.33. The third-order valence-corrected chi connectivity index (χ3v) is 3.34. The molecule has 0 aliphatic carbocycles. The number of hydrogen-bond acceptors (Lipinski definition) is 4. The Morgan fingerprint density at radius 1 is 1.29 bits per heavy atom. The Labute approximate surface area is 127 Å². The van der Waals surface area contributed by atoms with Gasteiger partial charge in [0.15, 0.2) is 0 Å². The monoisotopic (exact) mass is 305 g/mol. The van der Waals surface area contributed by atoms with E-state index in [2.05, 4.69) is 5.32 Å². The van der Waals surface area contributed by atoms with Crippen LogP contribution in [0.15, 0.2) is 36.4 Å². The smallest absolute Gasteiger partial charge is 0.248 e. The van der Waals surface area contributed by atoms with Crippen molar-refractivity contribution >= 4 is 28.9 Å². The predicted octanol–water partition coefficient (Wildman–Crippen LogP) is 2.64. The van der Waals surface area contributed by atoms with Gasteiger partial charge in [-0.1, -0.05) is 17.7 Å². The molecule has 6 heteroatoms. The van der Waals surface area contributed by atoms with Crippen LogP contribution in [0.3, 0.4) is 0 Å². The molecule has 2 aromatic carbocycles. The summed E-state index contributed by atoms with van der Waals surface area (Å²) >= 11 is 6.10. The number of primary amides is 1. The second-order valence-electron chi connectivity index (χ2n) is 4.49. The van der Waals surface area contributed by atoms with Crippen LogP contribution in [0, 0.1) is 0 Å². The summed E-state index contributed by atoms with van der Waals surface area (Å²) in [7, 11) is 1.57. The molecule has 0 saturated carbocycles. The van der Waals surface area contributed by atoms with E-state index in [9.17, 15) is 4.79 Å². The number of nitrogens with one attached hydrogen (secondary N) is 1. The molecule has 0 aliphatic rings. The van der Waals surface area contributed by atoms with Crippen molar-refractivity contribution in [2.75, 3.05) is 18.2 Å². The molecule has 0 fully saturated rings. The summed E-state index contributed by atoms with van der Waals surface area (Å²) in [6, 6.07) is 10.4. The third kappa shape index (κ3) is 3.58. The minimum atomic E-state index is -0.508. The first-order chi connectivity index (χ1) is 10.0. The summed E-state index contributed by atoms with van der Waals surface area (Å²) in [5.41, 5.74) is 13.7. The SMILES string of the molecule is COc1ccc(CNc2ccc(C(N)=O)cc2Cl)cc1N. The Kier molecular flexibility index (Phi) is 4.55. The zero-order valence-corrected chi connectivity index (χ0v) is 12.3. The van der Waals surface area contributed by atoms with Crippen molar-refractivity contribution < 1.29 is 9.53 Å². The molecule has 5 N–H and O–H groups in total. The summed E-state index contributed by atoms with van der Waals surface area (Å²) in [5.74, 6) is 0.133. The number of methoxy groups -OCH3 is 1. The quantitative estimate of drug-likeness (QED) is 0.741. The van der Waals surface area contributed by atoms with E-state index in [1.54, 1.807) is 19.2 Å². The van der Waals surface area contributed by atoms with E-state index in [-0.39, 0.29) is 0 Å². The molecular weight excluding hydrogens is 290 g/mol. The zero-order valence-electron chi connectivity index (χ0n) is 11.5. The second kappa shape index (κ2) is 6.37. The number of rotatable bonds is 5. The summed E-state index contributed by atoms with van der Waals surface area (Å²) in [5, 5.41) is 3.62. The third-order valence-electron chi connectivity index (χ3n) is 3.03. The molecule has 0 atom stereocenters. The molecule has 0 aliphatic heterocycles. The van der Waals surface area contributed by atoms with E-state index in [0.29, 0.717) is 28.6 Å². The van der Waals surface area contributed by atoms with Crippen LogP contribution < -0.4 is 21.5 Å². The average molecular weight is 306 g/mol. The first-order valence-corrected chi connectivity index (χ1v) is 6.64. The van der Waals surface area contributed by atoms with Gasteiger partial charge in [0, 0.05) is 12.1 Å². The van der Waals surface area contributed by atoms with Crippen molar-refractivity contribution in [2.24, 2.45) is 5.73 Å². The first kappa shape index (κ1) is 15.0.